The molecule has 2 aromatic carbocycles. The molecule has 0 bridgehead atoms. The number of hydrogen-bond acceptors (Lipinski definition) is 4. The first-order chi connectivity index (χ1) is 11.5. The van der Waals surface area contributed by atoms with Gasteiger partial charge in [0.2, 0.25) is 6.41 Å². The topological polar surface area (TPSA) is 82.0 Å². The molecule has 0 atom stereocenters. The molecule has 0 aromatic heterocycles. The minimum atomic E-state index is -0.271. The molecule has 6 nitrogen and oxygen atoms in total. The zero-order valence-electron chi connectivity index (χ0n) is 13.1. The van der Waals surface area contributed by atoms with Crippen LogP contribution in [0.4, 0.5) is 11.4 Å². The highest BCUT2D eigenvalue weighted by Gasteiger charge is 2.06. The number of phenolic OH excluding ortho intramolecular Hbond substituents is 1. The minimum Gasteiger partial charge on any atom is -0.507 e. The summed E-state index contributed by atoms with van der Waals surface area (Å²) in [5, 5.41) is 17.5. The van der Waals surface area contributed by atoms with E-state index < -0.39 is 0 Å². The Hall–Kier alpha value is -3.41. The smallest absolute Gasteiger partial charge is 0.250 e. The Kier molecular flexibility index (Phi) is 5.46. The van der Waals surface area contributed by atoms with Crippen LogP contribution in [-0.2, 0) is 9.59 Å². The Balaban J connectivity index is 2.13. The molecule has 0 aliphatic rings. The van der Waals surface area contributed by atoms with E-state index in [1.807, 2.05) is 0 Å². The summed E-state index contributed by atoms with van der Waals surface area (Å²) in [6.07, 6.45) is 1.94. The molecule has 0 unspecified atom stereocenters. The zero-order chi connectivity index (χ0) is 17.5. The number of carbonyl (C=O) groups excluding carboxylic acids is 2. The number of para-hydroxylation sites is 1. The van der Waals surface area contributed by atoms with Crippen molar-refractivity contribution in [2.24, 2.45) is 5.10 Å². The summed E-state index contributed by atoms with van der Waals surface area (Å²) in [6.45, 7) is 5.18. The number of nitrogens with one attached hydrogen (secondary N) is 1. The Morgan fingerprint density at radius 1 is 1.21 bits per heavy atom. The van der Waals surface area contributed by atoms with Crippen molar-refractivity contribution in [3.05, 3.63) is 66.2 Å². The van der Waals surface area contributed by atoms with E-state index in [4.69, 9.17) is 0 Å². The molecule has 0 aliphatic carbocycles. The number of amides is 2. The lowest BCUT2D eigenvalue weighted by Crippen LogP contribution is -2.14. The van der Waals surface area contributed by atoms with E-state index in [1.165, 1.54) is 12.3 Å². The predicted molar refractivity (Wildman–Crippen MR) is 94.1 cm³/mol. The number of nitrogens with zero attached hydrogens (tertiary/aromatic N) is 2. The van der Waals surface area contributed by atoms with E-state index in [0.717, 1.165) is 5.01 Å². The van der Waals surface area contributed by atoms with Gasteiger partial charge in [-0.3, -0.25) is 9.59 Å². The van der Waals surface area contributed by atoms with Crippen molar-refractivity contribution in [2.75, 3.05) is 10.3 Å². The highest BCUT2D eigenvalue weighted by molar-refractivity contribution is 6.02. The first-order valence-corrected chi connectivity index (χ1v) is 7.14. The summed E-state index contributed by atoms with van der Waals surface area (Å²) in [5.74, 6) is -0.197. The standard InChI is InChI=1S/C18H17N3O3/c1-13(2)18(24)20-15-7-9-16(10-8-15)21(12-22)19-11-14-5-3-4-6-17(14)23/h3-12,23H,1H2,2H3,(H,20,24)/b19-11+. The van der Waals surface area contributed by atoms with Crippen LogP contribution in [0.15, 0.2) is 65.8 Å². The summed E-state index contributed by atoms with van der Waals surface area (Å²) >= 11 is 0. The number of rotatable bonds is 6. The molecule has 2 N–H and O–H groups in total. The maximum atomic E-state index is 11.6. The summed E-state index contributed by atoms with van der Waals surface area (Å²) in [5.41, 5.74) is 2.00. The zero-order valence-corrected chi connectivity index (χ0v) is 13.1. The fourth-order valence-corrected chi connectivity index (χ4v) is 1.81. The third-order valence-corrected chi connectivity index (χ3v) is 3.14. The number of phenols is 1. The van der Waals surface area contributed by atoms with Gasteiger partial charge in [-0.1, -0.05) is 18.7 Å². The van der Waals surface area contributed by atoms with Crippen LogP contribution in [0.25, 0.3) is 0 Å². The van der Waals surface area contributed by atoms with Crippen LogP contribution < -0.4 is 10.3 Å². The lowest BCUT2D eigenvalue weighted by molar-refractivity contribution is -0.112. The molecule has 0 saturated carbocycles. The SMILES string of the molecule is C=C(C)C(=O)Nc1ccc(N(C=O)/N=C/c2ccccc2O)cc1. The van der Waals surface area contributed by atoms with Crippen molar-refractivity contribution >= 4 is 29.9 Å². The maximum absolute atomic E-state index is 11.6. The first-order valence-electron chi connectivity index (χ1n) is 7.14. The lowest BCUT2D eigenvalue weighted by atomic mass is 10.2. The van der Waals surface area contributed by atoms with E-state index in [1.54, 1.807) is 49.4 Å². The third kappa shape index (κ3) is 4.30. The van der Waals surface area contributed by atoms with E-state index in [9.17, 15) is 14.7 Å². The Morgan fingerprint density at radius 2 is 1.88 bits per heavy atom. The van der Waals surface area contributed by atoms with E-state index in [2.05, 4.69) is 17.0 Å². The Bertz CT molecular complexity index is 782. The van der Waals surface area contributed by atoms with Crippen molar-refractivity contribution in [3.63, 3.8) is 0 Å². The van der Waals surface area contributed by atoms with Crippen LogP contribution in [0.2, 0.25) is 0 Å². The van der Waals surface area contributed by atoms with Gasteiger partial charge in [0.15, 0.2) is 0 Å². The fourth-order valence-electron chi connectivity index (χ4n) is 1.81. The molecule has 0 spiro atoms. The van der Waals surface area contributed by atoms with Crippen LogP contribution in [-0.4, -0.2) is 23.6 Å². The van der Waals surface area contributed by atoms with E-state index in [-0.39, 0.29) is 11.7 Å². The molecule has 0 heterocycles. The van der Waals surface area contributed by atoms with Gasteiger partial charge in [-0.25, -0.2) is 5.01 Å². The summed E-state index contributed by atoms with van der Waals surface area (Å²) in [6, 6.07) is 13.3. The van der Waals surface area contributed by atoms with Gasteiger partial charge in [0.05, 0.1) is 11.9 Å². The maximum Gasteiger partial charge on any atom is 0.250 e. The van der Waals surface area contributed by atoms with Crippen LogP contribution in [0.5, 0.6) is 5.75 Å². The minimum absolute atomic E-state index is 0.0740. The van der Waals surface area contributed by atoms with Crippen molar-refractivity contribution < 1.29 is 14.7 Å². The van der Waals surface area contributed by atoms with Crippen LogP contribution in [0.1, 0.15) is 12.5 Å². The molecule has 0 radical (unpaired) electrons. The van der Waals surface area contributed by atoms with E-state index in [0.29, 0.717) is 28.9 Å². The average molecular weight is 323 g/mol. The molecule has 24 heavy (non-hydrogen) atoms. The molecule has 2 aromatic rings. The van der Waals surface area contributed by atoms with Crippen molar-refractivity contribution in [2.45, 2.75) is 6.92 Å². The van der Waals surface area contributed by atoms with Gasteiger partial charge in [-0.15, -0.1) is 0 Å². The number of anilines is 2. The number of hydrazone groups is 1. The molecule has 0 aliphatic heterocycles. The van der Waals surface area contributed by atoms with Gasteiger partial charge in [0.25, 0.3) is 5.91 Å². The Labute approximate surface area is 139 Å². The quantitative estimate of drug-likeness (QED) is 0.371. The second-order valence-electron chi connectivity index (χ2n) is 5.03. The van der Waals surface area contributed by atoms with Crippen molar-refractivity contribution in [1.82, 2.24) is 0 Å². The summed E-state index contributed by atoms with van der Waals surface area (Å²) in [7, 11) is 0. The second kappa shape index (κ2) is 7.73. The third-order valence-electron chi connectivity index (χ3n) is 3.14. The number of hydrogen-bond donors (Lipinski definition) is 2. The number of benzene rings is 2. The van der Waals surface area contributed by atoms with Crippen LogP contribution >= 0.6 is 0 Å². The van der Waals surface area contributed by atoms with Gasteiger partial charge in [-0.05, 0) is 43.3 Å². The Morgan fingerprint density at radius 3 is 2.46 bits per heavy atom. The largest absolute Gasteiger partial charge is 0.507 e. The summed E-state index contributed by atoms with van der Waals surface area (Å²) < 4.78 is 0. The van der Waals surface area contributed by atoms with Gasteiger partial charge in [0.1, 0.15) is 5.75 Å². The normalized spacial score (nSPS) is 10.4. The first kappa shape index (κ1) is 17.0. The molecule has 0 fully saturated rings. The highest BCUT2D eigenvalue weighted by Crippen LogP contribution is 2.18. The fraction of sp³-hybridized carbons (Fsp3) is 0.0556. The predicted octanol–water partition coefficient (Wildman–Crippen LogP) is 2.90. The number of aromatic hydroxyl groups is 1. The molecule has 6 heteroatoms. The molecule has 122 valence electrons. The second-order valence-corrected chi connectivity index (χ2v) is 5.03. The summed E-state index contributed by atoms with van der Waals surface area (Å²) in [4.78, 5) is 22.8. The molecule has 0 saturated heterocycles. The molecule has 2 amide bonds. The average Bonchev–Trinajstić information content (AvgIpc) is 2.58. The van der Waals surface area contributed by atoms with Gasteiger partial charge in [-0.2, -0.15) is 5.10 Å². The highest BCUT2D eigenvalue weighted by atomic mass is 16.3. The van der Waals surface area contributed by atoms with Gasteiger partial charge in [0, 0.05) is 16.8 Å². The van der Waals surface area contributed by atoms with Crippen molar-refractivity contribution in [1.29, 1.82) is 0 Å². The monoisotopic (exact) mass is 323 g/mol. The van der Waals surface area contributed by atoms with Crippen LogP contribution in [0.3, 0.4) is 0 Å². The molecular weight excluding hydrogens is 306 g/mol. The lowest BCUT2D eigenvalue weighted by Gasteiger charge is -2.12. The van der Waals surface area contributed by atoms with E-state index >= 15 is 0 Å². The van der Waals surface area contributed by atoms with Crippen molar-refractivity contribution in [3.8, 4) is 5.75 Å². The van der Waals surface area contributed by atoms with Gasteiger partial charge >= 0.3 is 0 Å². The number of carbonyl (C=O) groups is 2. The van der Waals surface area contributed by atoms with Gasteiger partial charge < -0.3 is 10.4 Å². The van der Waals surface area contributed by atoms with Crippen LogP contribution in [0, 0.1) is 0 Å². The molecule has 2 rings (SSSR count). The molecular formula is C18H17N3O3.